The van der Waals surface area contributed by atoms with Crippen LogP contribution in [0.2, 0.25) is 10.3 Å². The number of amides is 3. The average molecular weight is 315 g/mol. The number of aromatic nitrogens is 4. The van der Waals surface area contributed by atoms with E-state index in [4.69, 9.17) is 23.2 Å². The molecule has 2 heterocycles. The van der Waals surface area contributed by atoms with Crippen LogP contribution in [0.15, 0.2) is 18.7 Å². The first kappa shape index (κ1) is 14.2. The van der Waals surface area contributed by atoms with Crippen LogP contribution in [0.3, 0.4) is 0 Å². The Labute approximate surface area is 123 Å². The molecule has 0 atom stereocenters. The highest BCUT2D eigenvalue weighted by atomic mass is 35.5. The Kier molecular flexibility index (Phi) is 4.16. The molecule has 2 aromatic rings. The molecule has 0 saturated heterocycles. The molecule has 0 aromatic carbocycles. The minimum absolute atomic E-state index is 0.0787. The van der Waals surface area contributed by atoms with Crippen molar-refractivity contribution in [3.63, 3.8) is 0 Å². The van der Waals surface area contributed by atoms with E-state index in [9.17, 15) is 9.59 Å². The van der Waals surface area contributed by atoms with Crippen LogP contribution in [-0.2, 0) is 0 Å². The van der Waals surface area contributed by atoms with Crippen LogP contribution < -0.4 is 10.7 Å². The van der Waals surface area contributed by atoms with Crippen LogP contribution in [0.1, 0.15) is 15.9 Å². The smallest absolute Gasteiger partial charge is 0.272 e. The predicted octanol–water partition coefficient (Wildman–Crippen LogP) is 1.38. The summed E-state index contributed by atoms with van der Waals surface area (Å²) >= 11 is 11.5. The van der Waals surface area contributed by atoms with Crippen molar-refractivity contribution in [2.75, 3.05) is 5.43 Å². The highest BCUT2D eigenvalue weighted by Crippen LogP contribution is 2.21. The molecular formula is C10H8Cl2N6O2. The average Bonchev–Trinajstić information content (AvgIpc) is 2.79. The van der Waals surface area contributed by atoms with Crippen molar-refractivity contribution >= 4 is 35.1 Å². The summed E-state index contributed by atoms with van der Waals surface area (Å²) in [4.78, 5) is 27.3. The van der Waals surface area contributed by atoms with E-state index < -0.39 is 11.9 Å². The van der Waals surface area contributed by atoms with Crippen molar-refractivity contribution in [2.24, 2.45) is 0 Å². The fourth-order valence-corrected chi connectivity index (χ4v) is 2.05. The van der Waals surface area contributed by atoms with Crippen LogP contribution in [0.5, 0.6) is 0 Å². The van der Waals surface area contributed by atoms with Gasteiger partial charge in [-0.1, -0.05) is 23.2 Å². The van der Waals surface area contributed by atoms with E-state index in [2.05, 4.69) is 25.9 Å². The van der Waals surface area contributed by atoms with Gasteiger partial charge in [0.05, 0.1) is 5.56 Å². The van der Waals surface area contributed by atoms with Gasteiger partial charge < -0.3 is 0 Å². The van der Waals surface area contributed by atoms with Crippen molar-refractivity contribution < 1.29 is 9.59 Å². The molecule has 2 aromatic heterocycles. The number of aryl methyl sites for hydroxylation is 1. The molecule has 2 rings (SSSR count). The fourth-order valence-electron chi connectivity index (χ4n) is 1.44. The molecule has 8 nitrogen and oxygen atoms in total. The van der Waals surface area contributed by atoms with Gasteiger partial charge in [-0.3, -0.25) is 10.1 Å². The van der Waals surface area contributed by atoms with Crippen LogP contribution in [-0.4, -0.2) is 31.8 Å². The Hall–Kier alpha value is -2.19. The summed E-state index contributed by atoms with van der Waals surface area (Å²) in [5.41, 5.74) is 2.89. The molecule has 20 heavy (non-hydrogen) atoms. The highest BCUT2D eigenvalue weighted by Gasteiger charge is 2.18. The second kappa shape index (κ2) is 5.85. The van der Waals surface area contributed by atoms with Gasteiger partial charge >= 0.3 is 6.03 Å². The lowest BCUT2D eigenvalue weighted by Crippen LogP contribution is -2.38. The summed E-state index contributed by atoms with van der Waals surface area (Å²) in [6.07, 6.45) is 2.51. The first-order valence-corrected chi connectivity index (χ1v) is 6.02. The standard InChI is InChI=1S/C10H8Cl2N6O2/c1-5-2-6(11)15-8(12)7(5)9(19)16-10(20)17-18-3-13-14-4-18/h2-4H,1H3,(H2,16,17,19,20). The van der Waals surface area contributed by atoms with Gasteiger partial charge in [-0.05, 0) is 18.6 Å². The number of carbonyl (C=O) groups excluding carboxylic acids is 2. The predicted molar refractivity (Wildman–Crippen MR) is 71.2 cm³/mol. The van der Waals surface area contributed by atoms with E-state index in [1.165, 1.54) is 23.4 Å². The summed E-state index contributed by atoms with van der Waals surface area (Å²) in [5.74, 6) is -0.692. The van der Waals surface area contributed by atoms with Gasteiger partial charge in [-0.2, -0.15) is 0 Å². The maximum absolute atomic E-state index is 12.0. The molecule has 0 aliphatic carbocycles. The number of nitrogens with zero attached hydrogens (tertiary/aromatic N) is 4. The molecule has 0 radical (unpaired) electrons. The number of pyridine rings is 1. The van der Waals surface area contributed by atoms with Crippen molar-refractivity contribution in [2.45, 2.75) is 6.92 Å². The zero-order valence-corrected chi connectivity index (χ0v) is 11.6. The summed E-state index contributed by atoms with van der Waals surface area (Å²) in [6, 6.07) is 0.709. The van der Waals surface area contributed by atoms with Gasteiger partial charge in [0.2, 0.25) is 0 Å². The lowest BCUT2D eigenvalue weighted by molar-refractivity contribution is 0.0965. The lowest BCUT2D eigenvalue weighted by Gasteiger charge is -2.09. The Morgan fingerprint density at radius 3 is 2.50 bits per heavy atom. The molecular weight excluding hydrogens is 307 g/mol. The van der Waals surface area contributed by atoms with Crippen LogP contribution >= 0.6 is 23.2 Å². The number of rotatable bonds is 2. The van der Waals surface area contributed by atoms with Crippen molar-refractivity contribution in [1.29, 1.82) is 0 Å². The highest BCUT2D eigenvalue weighted by molar-refractivity contribution is 6.35. The van der Waals surface area contributed by atoms with Gasteiger partial charge in [0, 0.05) is 0 Å². The van der Waals surface area contributed by atoms with Crippen LogP contribution in [0.4, 0.5) is 4.79 Å². The van der Waals surface area contributed by atoms with Gasteiger partial charge in [0.25, 0.3) is 5.91 Å². The van der Waals surface area contributed by atoms with E-state index in [-0.39, 0.29) is 15.9 Å². The quantitative estimate of drug-likeness (QED) is 0.815. The van der Waals surface area contributed by atoms with E-state index >= 15 is 0 Å². The third-order valence-electron chi connectivity index (χ3n) is 2.24. The summed E-state index contributed by atoms with van der Waals surface area (Å²) < 4.78 is 1.18. The molecule has 0 aliphatic rings. The lowest BCUT2D eigenvalue weighted by atomic mass is 10.1. The van der Waals surface area contributed by atoms with E-state index in [0.717, 1.165) is 0 Å². The molecule has 0 saturated carbocycles. The minimum atomic E-state index is -0.764. The summed E-state index contributed by atoms with van der Waals surface area (Å²) in [6.45, 7) is 1.63. The van der Waals surface area contributed by atoms with Gasteiger partial charge in [-0.15, -0.1) is 10.2 Å². The van der Waals surface area contributed by atoms with Gasteiger partial charge in [0.1, 0.15) is 23.0 Å². The van der Waals surface area contributed by atoms with Crippen LogP contribution in [0.25, 0.3) is 0 Å². The largest absolute Gasteiger partial charge is 0.340 e. The molecule has 3 amide bonds. The third kappa shape index (κ3) is 3.22. The normalized spacial score (nSPS) is 10.2. The van der Waals surface area contributed by atoms with Gasteiger partial charge in [0.15, 0.2) is 0 Å². The van der Waals surface area contributed by atoms with Gasteiger partial charge in [-0.25, -0.2) is 19.9 Å². The number of hydrogen-bond donors (Lipinski definition) is 2. The zero-order chi connectivity index (χ0) is 14.7. The molecule has 10 heteroatoms. The van der Waals surface area contributed by atoms with E-state index in [1.807, 2.05) is 0 Å². The molecule has 0 aliphatic heterocycles. The Bertz CT molecular complexity index is 635. The number of nitrogens with one attached hydrogen (secondary N) is 2. The fraction of sp³-hybridized carbons (Fsp3) is 0.100. The summed E-state index contributed by atoms with van der Waals surface area (Å²) in [5, 5.41) is 9.17. The topological polar surface area (TPSA) is 102 Å². The van der Waals surface area contributed by atoms with E-state index in [1.54, 1.807) is 6.92 Å². The van der Waals surface area contributed by atoms with Crippen molar-refractivity contribution in [3.05, 3.63) is 40.2 Å². The minimum Gasteiger partial charge on any atom is -0.272 e. The Morgan fingerprint density at radius 1 is 1.25 bits per heavy atom. The third-order valence-corrected chi connectivity index (χ3v) is 2.71. The molecule has 104 valence electrons. The monoisotopic (exact) mass is 314 g/mol. The summed E-state index contributed by atoms with van der Waals surface area (Å²) in [7, 11) is 0. The maximum Gasteiger partial charge on any atom is 0.340 e. The number of carbonyl (C=O) groups is 2. The van der Waals surface area contributed by atoms with Crippen LogP contribution in [0, 0.1) is 6.92 Å². The maximum atomic E-state index is 12.0. The molecule has 0 bridgehead atoms. The molecule has 2 N–H and O–H groups in total. The van der Waals surface area contributed by atoms with Crippen molar-refractivity contribution in [3.8, 4) is 0 Å². The Balaban J connectivity index is 2.11. The second-order valence-corrected chi connectivity index (χ2v) is 4.44. The first-order valence-electron chi connectivity index (χ1n) is 5.27. The Morgan fingerprint density at radius 2 is 1.90 bits per heavy atom. The van der Waals surface area contributed by atoms with E-state index in [0.29, 0.717) is 5.56 Å². The zero-order valence-electron chi connectivity index (χ0n) is 10.1. The number of urea groups is 1. The molecule has 0 spiro atoms. The number of halogens is 2. The number of imide groups is 1. The number of hydrogen-bond acceptors (Lipinski definition) is 5. The molecule has 0 unspecified atom stereocenters. The van der Waals surface area contributed by atoms with Crippen molar-refractivity contribution in [1.82, 2.24) is 25.2 Å². The SMILES string of the molecule is Cc1cc(Cl)nc(Cl)c1C(=O)NC(=O)Nn1cnnc1. The second-order valence-electron chi connectivity index (χ2n) is 3.69. The first-order chi connectivity index (χ1) is 9.47. The molecule has 0 fully saturated rings.